The Morgan fingerprint density at radius 1 is 1.00 bits per heavy atom. The minimum absolute atomic E-state index is 0.121. The van der Waals surface area contributed by atoms with Crippen LogP contribution in [0.25, 0.3) is 11.1 Å². The lowest BCUT2D eigenvalue weighted by atomic mass is 10.0. The molecule has 21 heavy (non-hydrogen) atoms. The van der Waals surface area contributed by atoms with E-state index >= 15 is 0 Å². The number of hydrogen-bond donors (Lipinski definition) is 2. The zero-order valence-corrected chi connectivity index (χ0v) is 11.9. The third kappa shape index (κ3) is 3.37. The fraction of sp³-hybridized carbons (Fsp3) is 0.222. The standard InChI is InChI=1S/C18H18N2O/c21-17(13-20-18-7-4-12-19-18)16-10-8-15(9-11-16)14-5-2-1-3-6-14/h1-3,5-6,8-11H,4,7,12-13H2,(H,19,20)/p+1. The van der Waals surface area contributed by atoms with Crippen molar-refractivity contribution in [1.29, 1.82) is 0 Å². The molecule has 0 radical (unpaired) electrons. The van der Waals surface area contributed by atoms with E-state index in [4.69, 9.17) is 0 Å². The average molecular weight is 279 g/mol. The van der Waals surface area contributed by atoms with Gasteiger partial charge in [0.15, 0.2) is 0 Å². The maximum absolute atomic E-state index is 12.1. The molecule has 0 atom stereocenters. The molecule has 3 heteroatoms. The predicted molar refractivity (Wildman–Crippen MR) is 84.3 cm³/mol. The summed E-state index contributed by atoms with van der Waals surface area (Å²) < 4.78 is 0. The van der Waals surface area contributed by atoms with Crippen LogP contribution < -0.4 is 10.3 Å². The first-order chi connectivity index (χ1) is 10.3. The topological polar surface area (TPSA) is 43.1 Å². The van der Waals surface area contributed by atoms with Gasteiger partial charge in [-0.05, 0) is 17.5 Å². The summed E-state index contributed by atoms with van der Waals surface area (Å²) in [6.45, 7) is 1.36. The van der Waals surface area contributed by atoms with Gasteiger partial charge in [-0.3, -0.25) is 15.1 Å². The number of carbonyl (C=O) groups is 1. The van der Waals surface area contributed by atoms with Gasteiger partial charge in [0.25, 0.3) is 0 Å². The molecule has 0 unspecified atom stereocenters. The van der Waals surface area contributed by atoms with Gasteiger partial charge in [0, 0.05) is 5.56 Å². The molecule has 0 saturated carbocycles. The zero-order chi connectivity index (χ0) is 14.5. The molecule has 1 heterocycles. The molecule has 2 aromatic rings. The maximum Gasteiger partial charge on any atom is 0.243 e. The van der Waals surface area contributed by atoms with E-state index in [2.05, 4.69) is 22.4 Å². The second-order valence-electron chi connectivity index (χ2n) is 5.23. The van der Waals surface area contributed by atoms with Crippen molar-refractivity contribution in [3.8, 4) is 11.1 Å². The van der Waals surface area contributed by atoms with Crippen LogP contribution in [-0.4, -0.2) is 24.7 Å². The number of rotatable bonds is 4. The third-order valence-corrected chi connectivity index (χ3v) is 3.72. The van der Waals surface area contributed by atoms with Crippen molar-refractivity contribution in [1.82, 2.24) is 5.32 Å². The number of amidine groups is 1. The van der Waals surface area contributed by atoms with Crippen LogP contribution in [0.4, 0.5) is 0 Å². The molecule has 1 aliphatic heterocycles. The fourth-order valence-corrected chi connectivity index (χ4v) is 2.51. The molecule has 0 aromatic heterocycles. The Morgan fingerprint density at radius 3 is 2.38 bits per heavy atom. The highest BCUT2D eigenvalue weighted by Crippen LogP contribution is 2.19. The van der Waals surface area contributed by atoms with Gasteiger partial charge in [-0.25, -0.2) is 0 Å². The quantitative estimate of drug-likeness (QED) is 0.831. The predicted octanol–water partition coefficient (Wildman–Crippen LogP) is 1.40. The van der Waals surface area contributed by atoms with Crippen LogP contribution in [-0.2, 0) is 0 Å². The number of benzene rings is 2. The van der Waals surface area contributed by atoms with E-state index in [0.717, 1.165) is 36.3 Å². The Hall–Kier alpha value is -2.42. The lowest BCUT2D eigenvalue weighted by Crippen LogP contribution is -2.72. The van der Waals surface area contributed by atoms with E-state index in [1.165, 1.54) is 5.56 Å². The van der Waals surface area contributed by atoms with E-state index in [9.17, 15) is 4.79 Å². The Kier molecular flexibility index (Phi) is 4.10. The second-order valence-corrected chi connectivity index (χ2v) is 5.23. The van der Waals surface area contributed by atoms with Gasteiger partial charge in [0.2, 0.25) is 11.6 Å². The monoisotopic (exact) mass is 279 g/mol. The molecule has 0 aliphatic carbocycles. The molecule has 0 bridgehead atoms. The van der Waals surface area contributed by atoms with Crippen LogP contribution in [0.2, 0.25) is 0 Å². The number of nitrogens with one attached hydrogen (secondary N) is 2. The lowest BCUT2D eigenvalue weighted by molar-refractivity contribution is -0.449. The Balaban J connectivity index is 1.65. The number of Topliss-reactive ketones (excluding diaryl/α,β-unsaturated/α-hetero) is 1. The Labute approximate surface area is 124 Å². The molecular formula is C18H19N2O+. The molecule has 0 spiro atoms. The molecule has 0 amide bonds. The number of carbonyl (C=O) groups excluding carboxylic acids is 1. The van der Waals surface area contributed by atoms with Crippen LogP contribution >= 0.6 is 0 Å². The molecule has 0 saturated heterocycles. The number of ketones is 1. The Bertz CT molecular complexity index is 645. The molecule has 2 aromatic carbocycles. The zero-order valence-electron chi connectivity index (χ0n) is 11.9. The van der Waals surface area contributed by atoms with Crippen molar-refractivity contribution in [2.45, 2.75) is 12.8 Å². The molecule has 106 valence electrons. The summed E-state index contributed by atoms with van der Waals surface area (Å²) in [5, 5.41) is 3.18. The Morgan fingerprint density at radius 2 is 1.71 bits per heavy atom. The van der Waals surface area contributed by atoms with Crippen LogP contribution in [0.15, 0.2) is 54.6 Å². The summed E-state index contributed by atoms with van der Waals surface area (Å²) >= 11 is 0. The third-order valence-electron chi connectivity index (χ3n) is 3.72. The number of hydrogen-bond acceptors (Lipinski definition) is 2. The minimum atomic E-state index is 0.121. The van der Waals surface area contributed by atoms with Crippen LogP contribution in [0.5, 0.6) is 0 Å². The van der Waals surface area contributed by atoms with Crippen LogP contribution in [0.1, 0.15) is 23.2 Å². The van der Waals surface area contributed by atoms with Gasteiger partial charge in [0.1, 0.15) is 6.54 Å². The molecule has 1 aliphatic rings. The van der Waals surface area contributed by atoms with E-state index in [-0.39, 0.29) is 5.78 Å². The first kappa shape index (κ1) is 13.6. The van der Waals surface area contributed by atoms with Gasteiger partial charge >= 0.3 is 0 Å². The smallest absolute Gasteiger partial charge is 0.243 e. The molecule has 3 nitrogen and oxygen atoms in total. The summed E-state index contributed by atoms with van der Waals surface area (Å²) in [4.78, 5) is 15.4. The van der Waals surface area contributed by atoms with Crippen molar-refractivity contribution in [3.63, 3.8) is 0 Å². The normalized spacial score (nSPS) is 13.8. The summed E-state index contributed by atoms with van der Waals surface area (Å²) in [6.07, 6.45) is 2.16. The van der Waals surface area contributed by atoms with E-state index in [1.807, 2.05) is 42.5 Å². The largest absolute Gasteiger partial charge is 0.290 e. The van der Waals surface area contributed by atoms with Gasteiger partial charge in [0.05, 0.1) is 13.0 Å². The van der Waals surface area contributed by atoms with Gasteiger partial charge in [-0.2, -0.15) is 0 Å². The van der Waals surface area contributed by atoms with Crippen molar-refractivity contribution in [3.05, 3.63) is 60.2 Å². The highest BCUT2D eigenvalue weighted by Gasteiger charge is 2.15. The van der Waals surface area contributed by atoms with E-state index < -0.39 is 0 Å². The van der Waals surface area contributed by atoms with Gasteiger partial charge in [-0.1, -0.05) is 54.6 Å². The summed E-state index contributed by atoms with van der Waals surface area (Å²) in [7, 11) is 0. The summed E-state index contributed by atoms with van der Waals surface area (Å²) in [5.74, 6) is 1.21. The van der Waals surface area contributed by atoms with Crippen molar-refractivity contribution >= 4 is 11.6 Å². The fourth-order valence-electron chi connectivity index (χ4n) is 2.51. The summed E-state index contributed by atoms with van der Waals surface area (Å²) in [5.41, 5.74) is 3.05. The maximum atomic E-state index is 12.1. The molecule has 0 fully saturated rings. The van der Waals surface area contributed by atoms with E-state index in [1.54, 1.807) is 0 Å². The van der Waals surface area contributed by atoms with Crippen LogP contribution in [0.3, 0.4) is 0 Å². The van der Waals surface area contributed by atoms with Crippen LogP contribution in [0, 0.1) is 0 Å². The van der Waals surface area contributed by atoms with Crippen molar-refractivity contribution < 1.29 is 9.79 Å². The van der Waals surface area contributed by atoms with Gasteiger partial charge in [-0.15, -0.1) is 0 Å². The minimum Gasteiger partial charge on any atom is -0.290 e. The first-order valence-corrected chi connectivity index (χ1v) is 7.35. The van der Waals surface area contributed by atoms with E-state index in [0.29, 0.717) is 6.54 Å². The second kappa shape index (κ2) is 6.35. The lowest BCUT2D eigenvalue weighted by Gasteiger charge is -2.03. The highest BCUT2D eigenvalue weighted by atomic mass is 16.1. The highest BCUT2D eigenvalue weighted by molar-refractivity contribution is 5.99. The first-order valence-electron chi connectivity index (χ1n) is 7.35. The molecular weight excluding hydrogens is 260 g/mol. The SMILES string of the molecule is O=C(CNC1=[NH+]CCC1)c1ccc(-c2ccccc2)cc1. The van der Waals surface area contributed by atoms with Crippen molar-refractivity contribution in [2.24, 2.45) is 0 Å². The molecule has 2 N–H and O–H groups in total. The summed E-state index contributed by atoms with van der Waals surface area (Å²) in [6, 6.07) is 18.0. The van der Waals surface area contributed by atoms with Crippen molar-refractivity contribution in [2.75, 3.05) is 13.1 Å². The average Bonchev–Trinajstić information content (AvgIpc) is 3.07. The molecule has 3 rings (SSSR count). The van der Waals surface area contributed by atoms with Gasteiger partial charge < -0.3 is 0 Å².